The first-order valence-corrected chi connectivity index (χ1v) is 18.2. The molecule has 0 spiro atoms. The normalized spacial score (nSPS) is 17.9. The number of fused-ring (bicyclic) bond motifs is 2. The number of carbonyl (C=O) groups excluding carboxylic acids is 4. The summed E-state index contributed by atoms with van der Waals surface area (Å²) >= 11 is 0. The molecule has 49 heavy (non-hydrogen) atoms. The fourth-order valence-electron chi connectivity index (χ4n) is 7.25. The van der Waals surface area contributed by atoms with E-state index < -0.39 is 17.9 Å². The zero-order chi connectivity index (χ0) is 34.8. The van der Waals surface area contributed by atoms with Gasteiger partial charge in [0.25, 0.3) is 0 Å². The highest BCUT2D eigenvalue weighted by molar-refractivity contribution is 5.94. The van der Waals surface area contributed by atoms with Crippen LogP contribution in [0.5, 0.6) is 5.75 Å². The maximum Gasteiger partial charge on any atom is 0.224 e. The molecule has 2 aliphatic rings. The van der Waals surface area contributed by atoms with Crippen LogP contribution >= 0.6 is 0 Å². The average molecular weight is 673 g/mol. The summed E-state index contributed by atoms with van der Waals surface area (Å²) in [5.41, 5.74) is 9.19. The largest absolute Gasteiger partial charge is 0.493 e. The van der Waals surface area contributed by atoms with Gasteiger partial charge in [-0.2, -0.15) is 0 Å². The van der Waals surface area contributed by atoms with E-state index in [1.807, 2.05) is 42.5 Å². The van der Waals surface area contributed by atoms with Gasteiger partial charge in [0.05, 0.1) is 24.6 Å². The smallest absolute Gasteiger partial charge is 0.224 e. The molecule has 0 bridgehead atoms. The molecule has 5 rings (SSSR count). The number of hydrogen-bond acceptors (Lipinski definition) is 8. The third-order valence-corrected chi connectivity index (χ3v) is 10.2. The summed E-state index contributed by atoms with van der Waals surface area (Å²) in [6.45, 7) is 4.85. The van der Waals surface area contributed by atoms with Crippen LogP contribution in [0.25, 0.3) is 11.1 Å². The lowest BCUT2D eigenvalue weighted by molar-refractivity contribution is -0.135. The number of aromatic nitrogens is 1. The lowest BCUT2D eigenvalue weighted by Gasteiger charge is -2.30. The monoisotopic (exact) mass is 672 g/mol. The minimum atomic E-state index is -0.737. The minimum Gasteiger partial charge on any atom is -0.493 e. The van der Waals surface area contributed by atoms with E-state index in [2.05, 4.69) is 22.5 Å². The zero-order valence-corrected chi connectivity index (χ0v) is 29.0. The Kier molecular flexibility index (Phi) is 13.0. The van der Waals surface area contributed by atoms with Crippen molar-refractivity contribution in [2.24, 2.45) is 23.5 Å². The van der Waals surface area contributed by atoms with Gasteiger partial charge in [0.2, 0.25) is 11.8 Å². The highest BCUT2D eigenvalue weighted by Gasteiger charge is 2.37. The van der Waals surface area contributed by atoms with Gasteiger partial charge in [0.15, 0.2) is 17.3 Å². The molecule has 1 fully saturated rings. The van der Waals surface area contributed by atoms with Gasteiger partial charge in [-0.1, -0.05) is 57.4 Å². The molecule has 10 heteroatoms. The summed E-state index contributed by atoms with van der Waals surface area (Å²) in [7, 11) is 0. The van der Waals surface area contributed by atoms with Gasteiger partial charge in [-0.05, 0) is 68.3 Å². The van der Waals surface area contributed by atoms with Crippen LogP contribution < -0.4 is 21.1 Å². The van der Waals surface area contributed by atoms with Gasteiger partial charge in [-0.25, -0.2) is 4.98 Å². The number of carbonyl (C=O) groups is 4. The summed E-state index contributed by atoms with van der Waals surface area (Å²) in [6.07, 6.45) is 7.61. The third-order valence-electron chi connectivity index (χ3n) is 10.2. The number of ketones is 2. The van der Waals surface area contributed by atoms with Crippen molar-refractivity contribution in [3.63, 3.8) is 0 Å². The first kappa shape index (κ1) is 36.2. The maximum atomic E-state index is 14.2. The van der Waals surface area contributed by atoms with Crippen molar-refractivity contribution in [3.8, 4) is 5.75 Å². The number of rotatable bonds is 18. The van der Waals surface area contributed by atoms with Crippen LogP contribution in [0.4, 0.5) is 0 Å². The van der Waals surface area contributed by atoms with E-state index in [0.29, 0.717) is 49.4 Å². The molecule has 2 amide bonds. The summed E-state index contributed by atoms with van der Waals surface area (Å²) in [6, 6.07) is 12.6. The lowest BCUT2D eigenvalue weighted by atomic mass is 9.86. The van der Waals surface area contributed by atoms with Gasteiger partial charge in [0.1, 0.15) is 17.0 Å². The molecule has 10 nitrogen and oxygen atoms in total. The fraction of sp³-hybridized carbons (Fsp3) is 0.564. The van der Waals surface area contributed by atoms with Gasteiger partial charge in [-0.15, -0.1) is 0 Å². The number of hydrogen-bond donors (Lipinski definition) is 3. The van der Waals surface area contributed by atoms with E-state index in [1.54, 1.807) is 6.92 Å². The highest BCUT2D eigenvalue weighted by atomic mass is 16.5. The van der Waals surface area contributed by atoms with Crippen molar-refractivity contribution < 1.29 is 28.3 Å². The van der Waals surface area contributed by atoms with Crippen LogP contribution in [0.3, 0.4) is 0 Å². The number of benzene rings is 2. The molecule has 4 N–H and O–H groups in total. The predicted octanol–water partition coefficient (Wildman–Crippen LogP) is 5.94. The standard InChI is InChI=1S/C39H52N4O6/c1-3-25-16-17-32-35(21-25)49-36(41-32)24-28(22-29(44)4-2)39(47)43-37(26-11-5-6-12-26)33(45)23-27(13-9-10-19-40)38(46)42-31-18-20-48-34-15-8-7-14-30(31)34/h7-8,14-17,21,26-28,31,37H,3-6,9-13,18-20,22-24,40H2,1-2H3,(H,42,46)(H,43,47)/t27-,28+,31-,37+/m1/s1. The molecular formula is C39H52N4O6. The van der Waals surface area contributed by atoms with Crippen molar-refractivity contribution in [1.82, 2.24) is 15.6 Å². The molecule has 1 aliphatic carbocycles. The van der Waals surface area contributed by atoms with Crippen molar-refractivity contribution in [1.29, 1.82) is 0 Å². The summed E-state index contributed by atoms with van der Waals surface area (Å²) < 4.78 is 11.8. The Morgan fingerprint density at radius 2 is 1.76 bits per heavy atom. The lowest BCUT2D eigenvalue weighted by Crippen LogP contribution is -2.49. The Balaban J connectivity index is 1.32. The number of unbranched alkanes of at least 4 members (excludes halogenated alkanes) is 1. The van der Waals surface area contributed by atoms with E-state index in [1.165, 1.54) is 0 Å². The number of ether oxygens (including phenoxy) is 1. The van der Waals surface area contributed by atoms with Crippen molar-refractivity contribution in [2.75, 3.05) is 13.2 Å². The van der Waals surface area contributed by atoms with Crippen LogP contribution in [0.1, 0.15) is 108 Å². The SMILES string of the molecule is CCC(=O)C[C@@H](Cc1nc2ccc(CC)cc2o1)C(=O)N[C@H](C(=O)C[C@@H](CCCCN)C(=O)N[C@@H]1CCOc2ccccc21)C1CCCC1. The molecule has 3 aromatic rings. The van der Waals surface area contributed by atoms with E-state index in [-0.39, 0.29) is 54.6 Å². The number of nitrogens with zero attached hydrogens (tertiary/aromatic N) is 1. The van der Waals surface area contributed by atoms with Gasteiger partial charge in [-0.3, -0.25) is 19.2 Å². The molecule has 2 aromatic carbocycles. The number of Topliss-reactive ketones (excluding diaryl/α,β-unsaturated/α-hetero) is 2. The second kappa shape index (κ2) is 17.6. The van der Waals surface area contributed by atoms with E-state index in [9.17, 15) is 19.2 Å². The van der Waals surface area contributed by atoms with Crippen LogP contribution in [0, 0.1) is 17.8 Å². The van der Waals surface area contributed by atoms with Gasteiger partial charge >= 0.3 is 0 Å². The molecule has 1 aromatic heterocycles. The highest BCUT2D eigenvalue weighted by Crippen LogP contribution is 2.33. The van der Waals surface area contributed by atoms with Crippen LogP contribution in [-0.4, -0.2) is 47.6 Å². The molecule has 264 valence electrons. The Morgan fingerprint density at radius 1 is 0.959 bits per heavy atom. The molecule has 0 unspecified atom stereocenters. The van der Waals surface area contributed by atoms with Gasteiger partial charge < -0.3 is 25.5 Å². The number of para-hydroxylation sites is 1. The molecule has 1 aliphatic heterocycles. The summed E-state index contributed by atoms with van der Waals surface area (Å²) in [4.78, 5) is 59.3. The number of amides is 2. The van der Waals surface area contributed by atoms with Crippen LogP contribution in [-0.2, 0) is 32.0 Å². The van der Waals surface area contributed by atoms with Crippen molar-refractivity contribution in [3.05, 3.63) is 59.5 Å². The predicted molar refractivity (Wildman–Crippen MR) is 188 cm³/mol. The molecule has 4 atom stereocenters. The third kappa shape index (κ3) is 9.56. The number of nitrogens with one attached hydrogen (secondary N) is 2. The number of oxazole rings is 1. The van der Waals surface area contributed by atoms with E-state index >= 15 is 0 Å². The first-order valence-electron chi connectivity index (χ1n) is 18.2. The molecule has 1 saturated carbocycles. The molecule has 0 saturated heterocycles. The second-order valence-electron chi connectivity index (χ2n) is 13.7. The maximum absolute atomic E-state index is 14.2. The summed E-state index contributed by atoms with van der Waals surface area (Å²) in [5.74, 6) is -0.870. The quantitative estimate of drug-likeness (QED) is 0.140. The second-order valence-corrected chi connectivity index (χ2v) is 13.7. The average Bonchev–Trinajstić information content (AvgIpc) is 3.79. The Hall–Kier alpha value is -4.05. The zero-order valence-electron chi connectivity index (χ0n) is 29.0. The number of nitrogens with two attached hydrogens (primary N) is 1. The Labute approximate surface area is 289 Å². The minimum absolute atomic E-state index is 0.0200. The molecular weight excluding hydrogens is 620 g/mol. The van der Waals surface area contributed by atoms with Gasteiger partial charge in [0, 0.05) is 43.6 Å². The Morgan fingerprint density at radius 3 is 2.51 bits per heavy atom. The van der Waals surface area contributed by atoms with E-state index in [0.717, 1.165) is 61.8 Å². The van der Waals surface area contributed by atoms with Crippen molar-refractivity contribution >= 4 is 34.5 Å². The summed E-state index contributed by atoms with van der Waals surface area (Å²) in [5, 5.41) is 6.29. The molecule has 0 radical (unpaired) electrons. The van der Waals surface area contributed by atoms with Crippen LogP contribution in [0.2, 0.25) is 0 Å². The topological polar surface area (TPSA) is 154 Å². The van der Waals surface area contributed by atoms with E-state index in [4.69, 9.17) is 14.9 Å². The number of aryl methyl sites for hydroxylation is 1. The molecule has 2 heterocycles. The fourth-order valence-corrected chi connectivity index (χ4v) is 7.25. The Bertz CT molecular complexity index is 1600. The first-order chi connectivity index (χ1) is 23.8. The van der Waals surface area contributed by atoms with Crippen molar-refractivity contribution in [2.45, 2.75) is 109 Å². The van der Waals surface area contributed by atoms with Crippen LogP contribution in [0.15, 0.2) is 46.9 Å².